The Labute approximate surface area is 121 Å². The normalized spacial score (nSPS) is 51.0. The van der Waals surface area contributed by atoms with E-state index in [0.717, 1.165) is 45.6 Å². The van der Waals surface area contributed by atoms with Gasteiger partial charge >= 0.3 is 0 Å². The zero-order chi connectivity index (χ0) is 14.2. The van der Waals surface area contributed by atoms with Crippen molar-refractivity contribution in [1.29, 1.82) is 0 Å². The van der Waals surface area contributed by atoms with Crippen LogP contribution >= 0.6 is 0 Å². The largest absolute Gasteiger partial charge is 0.364 e. The van der Waals surface area contributed by atoms with Gasteiger partial charge in [0.1, 0.15) is 0 Å². The quantitative estimate of drug-likeness (QED) is 0.726. The minimum atomic E-state index is -0.499. The van der Waals surface area contributed by atoms with Crippen LogP contribution in [0.5, 0.6) is 0 Å². The zero-order valence-corrected chi connectivity index (χ0v) is 12.9. The van der Waals surface area contributed by atoms with Gasteiger partial charge in [0.15, 0.2) is 5.60 Å². The standard InChI is InChI=1S/C16H26N2O2/c1-14-11-20-16(10-12(14)4-5-15(14,16)2)13(19)18-8-6-17(3)7-9-18/h12H,4-11H2,1-3H3. The molecular weight excluding hydrogens is 252 g/mol. The number of hydrogen-bond donors (Lipinski definition) is 0. The molecule has 4 fully saturated rings. The highest BCUT2D eigenvalue weighted by Gasteiger charge is 2.78. The van der Waals surface area contributed by atoms with Gasteiger partial charge in [-0.3, -0.25) is 4.79 Å². The topological polar surface area (TPSA) is 32.8 Å². The Morgan fingerprint density at radius 1 is 1.20 bits per heavy atom. The molecule has 4 heteroatoms. The first-order valence-electron chi connectivity index (χ1n) is 8.05. The summed E-state index contributed by atoms with van der Waals surface area (Å²) in [5.74, 6) is 0.983. The second-order valence-corrected chi connectivity index (χ2v) is 7.90. The zero-order valence-electron chi connectivity index (χ0n) is 12.9. The third kappa shape index (κ3) is 1.24. The molecular formula is C16H26N2O2. The lowest BCUT2D eigenvalue weighted by Crippen LogP contribution is -2.59. The number of rotatable bonds is 1. The molecule has 4 aliphatic rings. The van der Waals surface area contributed by atoms with E-state index in [2.05, 4.69) is 30.7 Å². The van der Waals surface area contributed by atoms with Crippen molar-refractivity contribution in [3.8, 4) is 0 Å². The van der Waals surface area contributed by atoms with Crippen LogP contribution in [-0.2, 0) is 9.53 Å². The molecule has 2 aliphatic carbocycles. The summed E-state index contributed by atoms with van der Waals surface area (Å²) in [6, 6.07) is 0. The van der Waals surface area contributed by atoms with Crippen molar-refractivity contribution < 1.29 is 9.53 Å². The fourth-order valence-electron chi connectivity index (χ4n) is 5.50. The molecule has 4 rings (SSSR count). The van der Waals surface area contributed by atoms with Gasteiger partial charge in [-0.05, 0) is 32.2 Å². The van der Waals surface area contributed by atoms with Gasteiger partial charge in [0.25, 0.3) is 5.91 Å². The molecule has 4 unspecified atom stereocenters. The van der Waals surface area contributed by atoms with Gasteiger partial charge in [-0.15, -0.1) is 0 Å². The molecule has 4 atom stereocenters. The SMILES string of the molecule is CN1CCN(C(=O)C23CC4CCC2(C)C4(C)CO3)CC1. The molecule has 0 aromatic rings. The van der Waals surface area contributed by atoms with E-state index in [0.29, 0.717) is 11.8 Å². The van der Waals surface area contributed by atoms with Crippen molar-refractivity contribution in [2.75, 3.05) is 39.8 Å². The van der Waals surface area contributed by atoms with E-state index in [1.54, 1.807) is 0 Å². The van der Waals surface area contributed by atoms with E-state index in [4.69, 9.17) is 4.74 Å². The van der Waals surface area contributed by atoms with Crippen molar-refractivity contribution in [3.05, 3.63) is 0 Å². The molecule has 2 heterocycles. The fraction of sp³-hybridized carbons (Fsp3) is 0.938. The van der Waals surface area contributed by atoms with Crippen molar-refractivity contribution >= 4 is 5.91 Å². The maximum absolute atomic E-state index is 13.2. The van der Waals surface area contributed by atoms with Crippen LogP contribution in [0, 0.1) is 16.7 Å². The third-order valence-electron chi connectivity index (χ3n) is 7.33. The minimum absolute atomic E-state index is 0.0606. The van der Waals surface area contributed by atoms with Crippen LogP contribution in [0.4, 0.5) is 0 Å². The number of nitrogens with zero attached hydrogens (tertiary/aromatic N) is 2. The van der Waals surface area contributed by atoms with E-state index in [9.17, 15) is 4.79 Å². The third-order valence-corrected chi connectivity index (χ3v) is 7.33. The Balaban J connectivity index is 1.64. The summed E-state index contributed by atoms with van der Waals surface area (Å²) in [4.78, 5) is 17.6. The maximum atomic E-state index is 13.2. The van der Waals surface area contributed by atoms with Crippen LogP contribution < -0.4 is 0 Å². The molecule has 112 valence electrons. The number of ether oxygens (including phenoxy) is 1. The van der Waals surface area contributed by atoms with Crippen molar-refractivity contribution in [1.82, 2.24) is 9.80 Å². The van der Waals surface area contributed by atoms with Crippen molar-refractivity contribution in [2.45, 2.75) is 38.7 Å². The number of hydrogen-bond acceptors (Lipinski definition) is 3. The van der Waals surface area contributed by atoms with Crippen LogP contribution in [0.15, 0.2) is 0 Å². The summed E-state index contributed by atoms with van der Waals surface area (Å²) in [6.07, 6.45) is 3.41. The lowest BCUT2D eigenvalue weighted by atomic mass is 9.66. The Morgan fingerprint density at radius 3 is 2.50 bits per heavy atom. The molecule has 20 heavy (non-hydrogen) atoms. The number of likely N-dealkylation sites (N-methyl/N-ethyl adjacent to an activating group) is 1. The van der Waals surface area contributed by atoms with Crippen LogP contribution in [0.25, 0.3) is 0 Å². The average Bonchev–Trinajstić information content (AvgIpc) is 2.91. The molecule has 4 bridgehead atoms. The van der Waals surface area contributed by atoms with Crippen LogP contribution in [0.2, 0.25) is 0 Å². The average molecular weight is 278 g/mol. The monoisotopic (exact) mass is 278 g/mol. The van der Waals surface area contributed by atoms with Gasteiger partial charge in [0.05, 0.1) is 6.61 Å². The van der Waals surface area contributed by atoms with Crippen LogP contribution in [-0.4, -0.2) is 61.1 Å². The Hall–Kier alpha value is -0.610. The summed E-state index contributed by atoms with van der Waals surface area (Å²) in [5, 5.41) is 0. The second-order valence-electron chi connectivity index (χ2n) is 7.90. The summed E-state index contributed by atoms with van der Waals surface area (Å²) in [6.45, 7) is 9.15. The highest BCUT2D eigenvalue weighted by molar-refractivity contribution is 5.88. The number of carbonyl (C=O) groups is 1. The van der Waals surface area contributed by atoms with Gasteiger partial charge in [0.2, 0.25) is 0 Å². The van der Waals surface area contributed by atoms with Gasteiger partial charge in [-0.1, -0.05) is 13.8 Å². The molecule has 0 radical (unpaired) electrons. The predicted octanol–water partition coefficient (Wildman–Crippen LogP) is 1.36. The molecule has 0 N–H and O–H groups in total. The van der Waals surface area contributed by atoms with E-state index >= 15 is 0 Å². The molecule has 4 nitrogen and oxygen atoms in total. The van der Waals surface area contributed by atoms with Crippen molar-refractivity contribution in [3.63, 3.8) is 0 Å². The molecule has 0 aromatic heterocycles. The first kappa shape index (κ1) is 13.1. The number of carbonyl (C=O) groups excluding carboxylic acids is 1. The first-order valence-corrected chi connectivity index (χ1v) is 8.05. The highest BCUT2D eigenvalue weighted by atomic mass is 16.5. The molecule has 2 aliphatic heterocycles. The smallest absolute Gasteiger partial charge is 0.255 e. The van der Waals surface area contributed by atoms with Crippen LogP contribution in [0.3, 0.4) is 0 Å². The number of amides is 1. The number of piperazine rings is 1. The maximum Gasteiger partial charge on any atom is 0.255 e. The molecule has 0 spiro atoms. The van der Waals surface area contributed by atoms with E-state index in [-0.39, 0.29) is 10.8 Å². The van der Waals surface area contributed by atoms with Gasteiger partial charge in [-0.25, -0.2) is 0 Å². The van der Waals surface area contributed by atoms with Gasteiger partial charge in [-0.2, -0.15) is 0 Å². The Bertz CT molecular complexity index is 459. The van der Waals surface area contributed by atoms with E-state index < -0.39 is 5.60 Å². The molecule has 0 aromatic carbocycles. The lowest BCUT2D eigenvalue weighted by molar-refractivity contribution is -0.168. The summed E-state index contributed by atoms with van der Waals surface area (Å²) in [7, 11) is 2.13. The molecule has 1 amide bonds. The summed E-state index contributed by atoms with van der Waals surface area (Å²) < 4.78 is 6.22. The van der Waals surface area contributed by atoms with E-state index in [1.807, 2.05) is 0 Å². The molecule has 2 saturated heterocycles. The highest BCUT2D eigenvalue weighted by Crippen LogP contribution is 2.75. The lowest BCUT2D eigenvalue weighted by Gasteiger charge is -2.44. The second kappa shape index (κ2) is 3.77. The summed E-state index contributed by atoms with van der Waals surface area (Å²) in [5.41, 5.74) is -0.207. The Morgan fingerprint density at radius 2 is 1.90 bits per heavy atom. The van der Waals surface area contributed by atoms with E-state index in [1.165, 1.54) is 6.42 Å². The van der Waals surface area contributed by atoms with Gasteiger partial charge < -0.3 is 14.5 Å². The fourth-order valence-corrected chi connectivity index (χ4v) is 5.50. The molecule has 2 saturated carbocycles. The Kier molecular flexibility index (Phi) is 2.47. The van der Waals surface area contributed by atoms with Crippen molar-refractivity contribution in [2.24, 2.45) is 16.7 Å². The van der Waals surface area contributed by atoms with Gasteiger partial charge in [0, 0.05) is 37.0 Å². The predicted molar refractivity (Wildman–Crippen MR) is 76.3 cm³/mol. The van der Waals surface area contributed by atoms with Crippen LogP contribution in [0.1, 0.15) is 33.1 Å². The first-order chi connectivity index (χ1) is 9.43. The summed E-state index contributed by atoms with van der Waals surface area (Å²) >= 11 is 0. The minimum Gasteiger partial charge on any atom is -0.364 e.